The Kier molecular flexibility index (Phi) is 3.35. The Morgan fingerprint density at radius 1 is 1.42 bits per heavy atom. The lowest BCUT2D eigenvalue weighted by Gasteiger charge is -2.37. The predicted molar refractivity (Wildman–Crippen MR) is 69.6 cm³/mol. The number of ether oxygens (including phenoxy) is 1. The van der Waals surface area contributed by atoms with Gasteiger partial charge in [-0.15, -0.1) is 6.58 Å². The molecule has 0 N–H and O–H groups in total. The van der Waals surface area contributed by atoms with Gasteiger partial charge >= 0.3 is 0 Å². The van der Waals surface area contributed by atoms with Crippen LogP contribution in [0.2, 0.25) is 0 Å². The van der Waals surface area contributed by atoms with Crippen molar-refractivity contribution in [2.75, 3.05) is 32.8 Å². The third-order valence-corrected chi connectivity index (χ3v) is 4.39. The summed E-state index contributed by atoms with van der Waals surface area (Å²) in [4.78, 5) is 16.1. The molecule has 2 atom stereocenters. The number of nitrogens with zero attached hydrogens (tertiary/aromatic N) is 2. The van der Waals surface area contributed by atoms with E-state index in [1.807, 2.05) is 0 Å². The van der Waals surface area contributed by atoms with Crippen molar-refractivity contribution in [3.05, 3.63) is 12.7 Å². The molecule has 2 saturated heterocycles. The molecule has 0 spiro atoms. The third-order valence-electron chi connectivity index (χ3n) is 4.39. The van der Waals surface area contributed by atoms with E-state index in [4.69, 9.17) is 4.74 Å². The zero-order valence-electron chi connectivity index (χ0n) is 11.2. The highest BCUT2D eigenvalue weighted by atomic mass is 19.1. The zero-order valence-corrected chi connectivity index (χ0v) is 11.2. The van der Waals surface area contributed by atoms with Crippen LogP contribution in [0.1, 0.15) is 19.3 Å². The van der Waals surface area contributed by atoms with Crippen molar-refractivity contribution >= 4 is 5.91 Å². The number of hydrogen-bond donors (Lipinski definition) is 0. The van der Waals surface area contributed by atoms with Crippen molar-refractivity contribution in [1.82, 2.24) is 9.80 Å². The molecule has 0 bridgehead atoms. The molecular weight excluding hydrogens is 247 g/mol. The van der Waals surface area contributed by atoms with Gasteiger partial charge in [0, 0.05) is 32.2 Å². The van der Waals surface area contributed by atoms with Crippen molar-refractivity contribution in [3.8, 4) is 0 Å². The van der Waals surface area contributed by atoms with Crippen LogP contribution in [-0.2, 0) is 9.53 Å². The lowest BCUT2D eigenvalue weighted by Crippen LogP contribution is -2.54. The van der Waals surface area contributed by atoms with Gasteiger partial charge in [0.2, 0.25) is 0 Å². The highest BCUT2D eigenvalue weighted by Gasteiger charge is 2.53. The van der Waals surface area contributed by atoms with Crippen molar-refractivity contribution in [3.63, 3.8) is 0 Å². The fourth-order valence-corrected chi connectivity index (χ4v) is 3.11. The first-order valence-corrected chi connectivity index (χ1v) is 7.07. The van der Waals surface area contributed by atoms with E-state index in [9.17, 15) is 9.18 Å². The predicted octanol–water partition coefficient (Wildman–Crippen LogP) is 0.976. The normalized spacial score (nSPS) is 33.0. The van der Waals surface area contributed by atoms with Gasteiger partial charge < -0.3 is 9.64 Å². The number of rotatable bonds is 4. The van der Waals surface area contributed by atoms with E-state index in [2.05, 4.69) is 11.5 Å². The van der Waals surface area contributed by atoms with Crippen molar-refractivity contribution in [2.24, 2.45) is 0 Å². The molecule has 2 aliphatic heterocycles. The summed E-state index contributed by atoms with van der Waals surface area (Å²) in [5.41, 5.74) is -1.53. The minimum absolute atomic E-state index is 0.221. The topological polar surface area (TPSA) is 32.8 Å². The summed E-state index contributed by atoms with van der Waals surface area (Å²) in [6.07, 6.45) is 3.71. The Balaban J connectivity index is 1.55. The standard InChI is InChI=1S/C14H21FN2O2/c1-2-7-19-12-8-11-9-17(6-5-16(11)10-12)13(18)14(15)3-4-14/h2,11-12H,1,3-10H2. The molecule has 5 heteroatoms. The first-order valence-electron chi connectivity index (χ1n) is 7.07. The van der Waals surface area contributed by atoms with Crippen LogP contribution in [0, 0.1) is 0 Å². The highest BCUT2D eigenvalue weighted by molar-refractivity contribution is 5.88. The monoisotopic (exact) mass is 268 g/mol. The molecule has 0 radical (unpaired) electrons. The second kappa shape index (κ2) is 4.87. The Morgan fingerprint density at radius 3 is 2.89 bits per heavy atom. The van der Waals surface area contributed by atoms with E-state index in [1.165, 1.54) is 0 Å². The third kappa shape index (κ3) is 2.54. The molecule has 1 saturated carbocycles. The highest BCUT2D eigenvalue weighted by Crippen LogP contribution is 2.42. The molecule has 2 unspecified atom stereocenters. The number of carbonyl (C=O) groups is 1. The van der Waals surface area contributed by atoms with E-state index < -0.39 is 5.67 Å². The van der Waals surface area contributed by atoms with Gasteiger partial charge in [0.05, 0.1) is 12.7 Å². The van der Waals surface area contributed by atoms with Gasteiger partial charge in [0.25, 0.3) is 5.91 Å². The molecule has 3 fully saturated rings. The summed E-state index contributed by atoms with van der Waals surface area (Å²) < 4.78 is 19.5. The average Bonchev–Trinajstić information content (AvgIpc) is 3.03. The average molecular weight is 268 g/mol. The number of carbonyl (C=O) groups excluding carboxylic acids is 1. The number of amides is 1. The SMILES string of the molecule is C=CCOC1CC2CN(C(=O)C3(F)CC3)CCN2C1. The fraction of sp³-hybridized carbons (Fsp3) is 0.786. The van der Waals surface area contributed by atoms with Crippen LogP contribution in [0.5, 0.6) is 0 Å². The summed E-state index contributed by atoms with van der Waals surface area (Å²) in [5, 5.41) is 0. The number of halogens is 1. The number of alkyl halides is 1. The first-order chi connectivity index (χ1) is 9.12. The maximum Gasteiger partial charge on any atom is 0.260 e. The van der Waals surface area contributed by atoms with Crippen LogP contribution in [-0.4, -0.2) is 66.3 Å². The number of hydrogen-bond acceptors (Lipinski definition) is 3. The Labute approximate surface area is 113 Å². The molecule has 106 valence electrons. The van der Waals surface area contributed by atoms with Gasteiger partial charge in [-0.2, -0.15) is 0 Å². The summed E-state index contributed by atoms with van der Waals surface area (Å²) in [7, 11) is 0. The van der Waals surface area contributed by atoms with Gasteiger partial charge in [-0.1, -0.05) is 6.08 Å². The smallest absolute Gasteiger partial charge is 0.260 e. The van der Waals surface area contributed by atoms with Crippen LogP contribution >= 0.6 is 0 Å². The molecule has 1 aliphatic carbocycles. The summed E-state index contributed by atoms with van der Waals surface area (Å²) in [6, 6.07) is 0.329. The number of piperazine rings is 1. The molecule has 2 heterocycles. The Hall–Kier alpha value is -0.940. The second-order valence-corrected chi connectivity index (χ2v) is 5.84. The van der Waals surface area contributed by atoms with E-state index >= 15 is 0 Å². The van der Waals surface area contributed by atoms with Crippen molar-refractivity contribution < 1.29 is 13.9 Å². The number of fused-ring (bicyclic) bond motifs is 1. The van der Waals surface area contributed by atoms with Crippen LogP contribution in [0.3, 0.4) is 0 Å². The van der Waals surface area contributed by atoms with Crippen LogP contribution < -0.4 is 0 Å². The quantitative estimate of drug-likeness (QED) is 0.712. The van der Waals surface area contributed by atoms with Crippen molar-refractivity contribution in [2.45, 2.75) is 37.1 Å². The molecule has 4 nitrogen and oxygen atoms in total. The van der Waals surface area contributed by atoms with Crippen molar-refractivity contribution in [1.29, 1.82) is 0 Å². The largest absolute Gasteiger partial charge is 0.373 e. The zero-order chi connectivity index (χ0) is 13.5. The van der Waals surface area contributed by atoms with E-state index in [0.717, 1.165) is 19.5 Å². The van der Waals surface area contributed by atoms with Gasteiger partial charge in [0.15, 0.2) is 5.67 Å². The second-order valence-electron chi connectivity index (χ2n) is 5.84. The fourth-order valence-electron chi connectivity index (χ4n) is 3.11. The first kappa shape index (κ1) is 13.1. The van der Waals surface area contributed by atoms with Gasteiger partial charge in [-0.25, -0.2) is 4.39 Å². The molecule has 0 aromatic heterocycles. The van der Waals surface area contributed by atoms with E-state index in [0.29, 0.717) is 38.6 Å². The summed E-state index contributed by atoms with van der Waals surface area (Å²) in [5.74, 6) is -0.289. The van der Waals surface area contributed by atoms with Gasteiger partial charge in [0.1, 0.15) is 0 Å². The maximum absolute atomic E-state index is 13.8. The minimum atomic E-state index is -1.53. The maximum atomic E-state index is 13.8. The van der Waals surface area contributed by atoms with Gasteiger partial charge in [-0.05, 0) is 19.3 Å². The summed E-state index contributed by atoms with van der Waals surface area (Å²) in [6.45, 7) is 7.27. The molecule has 19 heavy (non-hydrogen) atoms. The van der Waals surface area contributed by atoms with E-state index in [-0.39, 0.29) is 12.0 Å². The molecule has 3 aliphatic rings. The molecule has 1 amide bonds. The molecular formula is C14H21FN2O2. The minimum Gasteiger partial charge on any atom is -0.373 e. The lowest BCUT2D eigenvalue weighted by molar-refractivity contribution is -0.140. The molecule has 0 aromatic carbocycles. The van der Waals surface area contributed by atoms with E-state index in [1.54, 1.807) is 11.0 Å². The molecule has 3 rings (SSSR count). The van der Waals surface area contributed by atoms with Crippen LogP contribution in [0.25, 0.3) is 0 Å². The van der Waals surface area contributed by atoms with Crippen LogP contribution in [0.15, 0.2) is 12.7 Å². The Bertz CT molecular complexity index is 384. The summed E-state index contributed by atoms with van der Waals surface area (Å²) >= 11 is 0. The van der Waals surface area contributed by atoms with Crippen LogP contribution in [0.4, 0.5) is 4.39 Å². The van der Waals surface area contributed by atoms with Gasteiger partial charge in [-0.3, -0.25) is 9.69 Å². The Morgan fingerprint density at radius 2 is 2.21 bits per heavy atom. The lowest BCUT2D eigenvalue weighted by atomic mass is 10.1. The molecule has 0 aromatic rings.